The van der Waals surface area contributed by atoms with Crippen molar-refractivity contribution in [2.75, 3.05) is 5.73 Å². The predicted octanol–water partition coefficient (Wildman–Crippen LogP) is 6.60. The predicted molar refractivity (Wildman–Crippen MR) is 133 cm³/mol. The number of nitrogens with zero attached hydrogens (tertiary/aromatic N) is 2. The molecular weight excluding hydrogens is 406 g/mol. The van der Waals surface area contributed by atoms with Gasteiger partial charge in [-0.1, -0.05) is 84.9 Å². The van der Waals surface area contributed by atoms with Crippen molar-refractivity contribution in [3.8, 4) is 34.1 Å². The Hall–Kier alpha value is -4.62. The molecule has 0 saturated carbocycles. The van der Waals surface area contributed by atoms with E-state index in [4.69, 9.17) is 10.5 Å². The van der Waals surface area contributed by atoms with Gasteiger partial charge in [0.05, 0.1) is 0 Å². The van der Waals surface area contributed by atoms with E-state index in [2.05, 4.69) is 35.3 Å². The van der Waals surface area contributed by atoms with Crippen molar-refractivity contribution < 1.29 is 4.74 Å². The number of pyridine rings is 1. The third-order valence-electron chi connectivity index (χ3n) is 5.72. The van der Waals surface area contributed by atoms with Gasteiger partial charge in [-0.2, -0.15) is 5.26 Å². The van der Waals surface area contributed by atoms with Crippen LogP contribution in [0.5, 0.6) is 5.75 Å². The van der Waals surface area contributed by atoms with Crippen molar-refractivity contribution in [2.24, 2.45) is 0 Å². The quantitative estimate of drug-likeness (QED) is 0.343. The molecule has 4 heteroatoms. The zero-order chi connectivity index (χ0) is 22.6. The lowest BCUT2D eigenvalue weighted by atomic mass is 9.92. The van der Waals surface area contributed by atoms with Gasteiger partial charge in [0.15, 0.2) is 0 Å². The Bertz CT molecular complexity index is 1460. The number of hydrogen-bond donors (Lipinski definition) is 1. The fourth-order valence-corrected chi connectivity index (χ4v) is 4.07. The van der Waals surface area contributed by atoms with Crippen LogP contribution in [0.3, 0.4) is 0 Å². The summed E-state index contributed by atoms with van der Waals surface area (Å²) in [6, 6.07) is 34.4. The molecule has 5 aromatic rings. The molecule has 2 N–H and O–H groups in total. The maximum Gasteiger partial charge on any atom is 0.141 e. The van der Waals surface area contributed by atoms with E-state index in [1.807, 2.05) is 72.8 Å². The third kappa shape index (κ3) is 4.00. The van der Waals surface area contributed by atoms with Gasteiger partial charge in [0, 0.05) is 17.3 Å². The Balaban J connectivity index is 1.46. The van der Waals surface area contributed by atoms with E-state index in [-0.39, 0.29) is 5.82 Å². The standard InChI is InChI=1S/C29H21N3O/c30-17-26-28(27(18-32-29(26)31)21-7-2-1-3-8-21)22-13-15-24(16-14-22)33-19-23-11-6-10-20-9-4-5-12-25(20)23/h1-16,18H,19H2,(H2,31,32). The van der Waals surface area contributed by atoms with E-state index < -0.39 is 0 Å². The van der Waals surface area contributed by atoms with E-state index >= 15 is 0 Å². The molecule has 158 valence electrons. The van der Waals surface area contributed by atoms with Gasteiger partial charge in [-0.25, -0.2) is 4.98 Å². The largest absolute Gasteiger partial charge is 0.489 e. The van der Waals surface area contributed by atoms with Crippen LogP contribution in [0.15, 0.2) is 103 Å². The highest BCUT2D eigenvalue weighted by molar-refractivity contribution is 5.89. The molecule has 1 heterocycles. The molecule has 0 atom stereocenters. The van der Waals surface area contributed by atoms with Crippen molar-refractivity contribution in [3.05, 3.63) is 114 Å². The topological polar surface area (TPSA) is 71.9 Å². The number of hydrogen-bond acceptors (Lipinski definition) is 4. The number of rotatable bonds is 5. The monoisotopic (exact) mass is 427 g/mol. The fourth-order valence-electron chi connectivity index (χ4n) is 4.07. The van der Waals surface area contributed by atoms with Gasteiger partial charge in [-0.05, 0) is 39.6 Å². The van der Waals surface area contributed by atoms with Crippen molar-refractivity contribution in [2.45, 2.75) is 6.61 Å². The van der Waals surface area contributed by atoms with Crippen LogP contribution in [0.25, 0.3) is 33.0 Å². The molecule has 4 aromatic carbocycles. The molecule has 4 nitrogen and oxygen atoms in total. The summed E-state index contributed by atoms with van der Waals surface area (Å²) in [5.74, 6) is 0.983. The van der Waals surface area contributed by atoms with Crippen LogP contribution in [-0.2, 0) is 6.61 Å². The summed E-state index contributed by atoms with van der Waals surface area (Å²) in [5.41, 5.74) is 11.1. The Morgan fingerprint density at radius 3 is 2.30 bits per heavy atom. The zero-order valence-electron chi connectivity index (χ0n) is 17.9. The number of anilines is 1. The lowest BCUT2D eigenvalue weighted by molar-refractivity contribution is 0.308. The summed E-state index contributed by atoms with van der Waals surface area (Å²) in [6.45, 7) is 0.474. The number of fused-ring (bicyclic) bond motifs is 1. The van der Waals surface area contributed by atoms with Crippen LogP contribution in [0.2, 0.25) is 0 Å². The van der Waals surface area contributed by atoms with Crippen LogP contribution in [0, 0.1) is 11.3 Å². The van der Waals surface area contributed by atoms with E-state index in [9.17, 15) is 5.26 Å². The first-order valence-electron chi connectivity index (χ1n) is 10.7. The molecule has 0 saturated heterocycles. The van der Waals surface area contributed by atoms with Crippen LogP contribution in [0.1, 0.15) is 11.1 Å². The first kappa shape index (κ1) is 20.3. The number of nitrogens with two attached hydrogens (primary N) is 1. The second-order valence-corrected chi connectivity index (χ2v) is 7.74. The van der Waals surface area contributed by atoms with E-state index in [0.29, 0.717) is 12.2 Å². The van der Waals surface area contributed by atoms with Gasteiger partial charge < -0.3 is 10.5 Å². The Labute approximate surface area is 192 Å². The molecule has 0 aliphatic heterocycles. The van der Waals surface area contributed by atoms with Crippen molar-refractivity contribution in [1.82, 2.24) is 4.98 Å². The average Bonchev–Trinajstić information content (AvgIpc) is 2.88. The molecule has 0 amide bonds. The fraction of sp³-hybridized carbons (Fsp3) is 0.0345. The van der Waals surface area contributed by atoms with Gasteiger partial charge in [0.2, 0.25) is 0 Å². The number of aromatic nitrogens is 1. The number of nitrogen functional groups attached to an aromatic ring is 1. The SMILES string of the molecule is N#Cc1c(N)ncc(-c2ccccc2)c1-c1ccc(OCc2cccc3ccccc23)cc1. The molecule has 0 fully saturated rings. The van der Waals surface area contributed by atoms with Crippen LogP contribution in [-0.4, -0.2) is 4.98 Å². The smallest absolute Gasteiger partial charge is 0.141 e. The van der Waals surface area contributed by atoms with Gasteiger partial charge in [0.1, 0.15) is 29.8 Å². The highest BCUT2D eigenvalue weighted by Crippen LogP contribution is 2.37. The summed E-state index contributed by atoms with van der Waals surface area (Å²) >= 11 is 0. The minimum absolute atomic E-state index is 0.225. The lowest BCUT2D eigenvalue weighted by Gasteiger charge is -2.14. The summed E-state index contributed by atoms with van der Waals surface area (Å²) in [5, 5.41) is 12.2. The Morgan fingerprint density at radius 2 is 1.52 bits per heavy atom. The van der Waals surface area contributed by atoms with Crippen molar-refractivity contribution in [1.29, 1.82) is 5.26 Å². The maximum absolute atomic E-state index is 9.79. The third-order valence-corrected chi connectivity index (χ3v) is 5.72. The van der Waals surface area contributed by atoms with E-state index in [1.54, 1.807) is 6.20 Å². The normalized spacial score (nSPS) is 10.6. The Kier molecular flexibility index (Phi) is 5.45. The molecule has 5 rings (SSSR count). The van der Waals surface area contributed by atoms with E-state index in [0.717, 1.165) is 33.6 Å². The molecule has 0 aliphatic rings. The molecule has 0 bridgehead atoms. The summed E-state index contributed by atoms with van der Waals surface area (Å²) in [6.07, 6.45) is 1.73. The summed E-state index contributed by atoms with van der Waals surface area (Å²) in [4.78, 5) is 4.25. The van der Waals surface area contributed by atoms with E-state index in [1.165, 1.54) is 10.8 Å². The number of benzene rings is 4. The molecule has 33 heavy (non-hydrogen) atoms. The molecule has 0 aliphatic carbocycles. The van der Waals surface area contributed by atoms with Crippen LogP contribution in [0.4, 0.5) is 5.82 Å². The molecule has 0 spiro atoms. The zero-order valence-corrected chi connectivity index (χ0v) is 17.9. The van der Waals surface area contributed by atoms with Crippen LogP contribution < -0.4 is 10.5 Å². The van der Waals surface area contributed by atoms with Crippen molar-refractivity contribution in [3.63, 3.8) is 0 Å². The van der Waals surface area contributed by atoms with Gasteiger partial charge >= 0.3 is 0 Å². The molecule has 1 aromatic heterocycles. The van der Waals surface area contributed by atoms with Gasteiger partial charge in [-0.3, -0.25) is 0 Å². The van der Waals surface area contributed by atoms with Crippen molar-refractivity contribution >= 4 is 16.6 Å². The first-order valence-corrected chi connectivity index (χ1v) is 10.7. The summed E-state index contributed by atoms with van der Waals surface area (Å²) < 4.78 is 6.08. The maximum atomic E-state index is 9.79. The van der Waals surface area contributed by atoms with Crippen LogP contribution >= 0.6 is 0 Å². The minimum atomic E-state index is 0.225. The molecule has 0 radical (unpaired) electrons. The minimum Gasteiger partial charge on any atom is -0.489 e. The van der Waals surface area contributed by atoms with Gasteiger partial charge in [-0.15, -0.1) is 0 Å². The Morgan fingerprint density at radius 1 is 0.788 bits per heavy atom. The highest BCUT2D eigenvalue weighted by atomic mass is 16.5. The second kappa shape index (κ2) is 8.86. The summed E-state index contributed by atoms with van der Waals surface area (Å²) in [7, 11) is 0. The second-order valence-electron chi connectivity index (χ2n) is 7.74. The number of ether oxygens (including phenoxy) is 1. The molecule has 0 unspecified atom stereocenters. The lowest BCUT2D eigenvalue weighted by Crippen LogP contribution is -2.00. The highest BCUT2D eigenvalue weighted by Gasteiger charge is 2.16. The average molecular weight is 428 g/mol. The molecular formula is C29H21N3O. The number of nitriles is 1. The van der Waals surface area contributed by atoms with Gasteiger partial charge in [0.25, 0.3) is 0 Å². The first-order chi connectivity index (χ1) is 16.2.